The van der Waals surface area contributed by atoms with Crippen molar-refractivity contribution < 1.29 is 67.0 Å². The monoisotopic (exact) mass is 480 g/mol. The maximum atomic E-state index is 14.5. The highest BCUT2D eigenvalue weighted by Crippen LogP contribution is 2.62. The molecule has 0 aliphatic heterocycles. The SMILES string of the molecule is Cc1cc(C(F)(F)C(F)(F)C(F)(F)C(F)(F)C(F)(F)C(F)(F)F)c2c(c1O)C(=O)CC2. The first kappa shape index (κ1) is 25.0. The van der Waals surface area contributed by atoms with Gasteiger partial charge >= 0.3 is 35.8 Å². The van der Waals surface area contributed by atoms with Crippen LogP contribution in [-0.2, 0) is 12.3 Å². The second-order valence-corrected chi connectivity index (χ2v) is 6.74. The lowest BCUT2D eigenvalue weighted by Gasteiger charge is -2.40. The van der Waals surface area contributed by atoms with Crippen LogP contribution < -0.4 is 0 Å². The van der Waals surface area contributed by atoms with E-state index in [1.54, 1.807) is 0 Å². The van der Waals surface area contributed by atoms with Gasteiger partial charge in [-0.25, -0.2) is 0 Å². The normalized spacial score (nSPS) is 16.6. The van der Waals surface area contributed by atoms with Gasteiger partial charge in [-0.15, -0.1) is 0 Å². The van der Waals surface area contributed by atoms with Gasteiger partial charge in [0.25, 0.3) is 0 Å². The molecule has 1 aromatic rings. The molecule has 1 N–H and O–H groups in total. The first-order valence-corrected chi connectivity index (χ1v) is 7.92. The molecule has 0 unspecified atom stereocenters. The summed E-state index contributed by atoms with van der Waals surface area (Å²) in [6.07, 6.45) is -9.02. The van der Waals surface area contributed by atoms with E-state index >= 15 is 0 Å². The Hall–Kier alpha value is -2.22. The fraction of sp³-hybridized carbons (Fsp3) is 0.562. The number of fused-ring (bicyclic) bond motifs is 1. The van der Waals surface area contributed by atoms with E-state index in [2.05, 4.69) is 0 Å². The molecular formula is C16H9F13O2. The van der Waals surface area contributed by atoms with Gasteiger partial charge in [0, 0.05) is 12.0 Å². The summed E-state index contributed by atoms with van der Waals surface area (Å²) in [5.74, 6) is -39.8. The summed E-state index contributed by atoms with van der Waals surface area (Å²) in [5, 5.41) is 9.72. The summed E-state index contributed by atoms with van der Waals surface area (Å²) in [6.45, 7) is 0.740. The number of benzene rings is 1. The Labute approximate surface area is 163 Å². The Balaban J connectivity index is 2.75. The minimum atomic E-state index is -8.00. The minimum absolute atomic E-state index is 0.0726. The molecule has 2 nitrogen and oxygen atoms in total. The number of halogens is 13. The lowest BCUT2D eigenvalue weighted by atomic mass is 9.86. The van der Waals surface area contributed by atoms with Crippen LogP contribution in [-0.4, -0.2) is 40.8 Å². The van der Waals surface area contributed by atoms with Crippen LogP contribution in [0.15, 0.2) is 6.07 Å². The smallest absolute Gasteiger partial charge is 0.460 e. The summed E-state index contributed by atoms with van der Waals surface area (Å²) in [7, 11) is 0. The van der Waals surface area contributed by atoms with Gasteiger partial charge in [0.2, 0.25) is 0 Å². The van der Waals surface area contributed by atoms with Gasteiger partial charge in [0.15, 0.2) is 5.78 Å². The molecule has 0 heterocycles. The molecule has 1 aliphatic carbocycles. The molecule has 0 saturated carbocycles. The zero-order chi connectivity index (χ0) is 24.6. The molecule has 31 heavy (non-hydrogen) atoms. The molecule has 15 heteroatoms. The van der Waals surface area contributed by atoms with E-state index in [1.807, 2.05) is 0 Å². The number of rotatable bonds is 5. The van der Waals surface area contributed by atoms with Gasteiger partial charge in [-0.1, -0.05) is 0 Å². The number of phenols is 1. The number of hydrogen-bond donors (Lipinski definition) is 1. The summed E-state index contributed by atoms with van der Waals surface area (Å²) in [5.41, 5.74) is -5.12. The number of carbonyl (C=O) groups excluding carboxylic acids is 1. The Morgan fingerprint density at radius 1 is 0.742 bits per heavy atom. The van der Waals surface area contributed by atoms with Crippen molar-refractivity contribution in [3.8, 4) is 5.75 Å². The molecule has 1 aliphatic rings. The van der Waals surface area contributed by atoms with Crippen molar-refractivity contribution in [2.24, 2.45) is 0 Å². The average Bonchev–Trinajstić information content (AvgIpc) is 2.98. The van der Waals surface area contributed by atoms with E-state index in [1.165, 1.54) is 0 Å². The van der Waals surface area contributed by atoms with E-state index in [9.17, 15) is 67.0 Å². The maximum Gasteiger partial charge on any atom is 0.460 e. The Bertz CT molecular complexity index is 915. The first-order chi connectivity index (χ1) is 13.6. The number of aromatic hydroxyl groups is 1. The van der Waals surface area contributed by atoms with E-state index in [-0.39, 0.29) is 6.07 Å². The highest BCUT2D eigenvalue weighted by molar-refractivity contribution is 6.03. The number of aryl methyl sites for hydroxylation is 1. The largest absolute Gasteiger partial charge is 0.507 e. The lowest BCUT2D eigenvalue weighted by Crippen LogP contribution is -2.69. The third-order valence-electron chi connectivity index (χ3n) is 4.75. The molecule has 0 atom stereocenters. The number of phenolic OH excluding ortho intramolecular Hbond substituents is 1. The number of carbonyl (C=O) groups is 1. The number of hydrogen-bond acceptors (Lipinski definition) is 2. The Morgan fingerprint density at radius 3 is 1.65 bits per heavy atom. The predicted octanol–water partition coefficient (Wildman–Crippen LogP) is 6.02. The Kier molecular flexibility index (Phi) is 5.36. The number of Topliss-reactive ketones (excluding diaryl/α,β-unsaturated/α-hetero) is 1. The average molecular weight is 480 g/mol. The van der Waals surface area contributed by atoms with Crippen LogP contribution in [0.5, 0.6) is 5.75 Å². The lowest BCUT2D eigenvalue weighted by molar-refractivity contribution is -0.441. The first-order valence-electron chi connectivity index (χ1n) is 7.92. The molecule has 0 amide bonds. The van der Waals surface area contributed by atoms with E-state index in [0.29, 0.717) is 0 Å². The van der Waals surface area contributed by atoms with Crippen molar-refractivity contribution in [1.29, 1.82) is 0 Å². The van der Waals surface area contributed by atoms with Crippen molar-refractivity contribution in [2.45, 2.75) is 55.6 Å². The van der Waals surface area contributed by atoms with Crippen molar-refractivity contribution in [3.05, 3.63) is 28.3 Å². The van der Waals surface area contributed by atoms with Gasteiger partial charge in [-0.05, 0) is 30.5 Å². The Morgan fingerprint density at radius 2 is 1.19 bits per heavy atom. The summed E-state index contributed by atoms with van der Waals surface area (Å²) >= 11 is 0. The summed E-state index contributed by atoms with van der Waals surface area (Å²) < 4.78 is 173. The zero-order valence-corrected chi connectivity index (χ0v) is 14.8. The van der Waals surface area contributed by atoms with Crippen LogP contribution >= 0.6 is 0 Å². The van der Waals surface area contributed by atoms with Crippen LogP contribution in [0.2, 0.25) is 0 Å². The highest BCUT2D eigenvalue weighted by atomic mass is 19.4. The van der Waals surface area contributed by atoms with Gasteiger partial charge in [-0.2, -0.15) is 57.1 Å². The molecule has 1 aromatic carbocycles. The third-order valence-corrected chi connectivity index (χ3v) is 4.75. The fourth-order valence-electron chi connectivity index (χ4n) is 2.99. The van der Waals surface area contributed by atoms with Crippen LogP contribution in [0.3, 0.4) is 0 Å². The summed E-state index contributed by atoms with van der Waals surface area (Å²) in [6, 6.07) is -0.0726. The highest BCUT2D eigenvalue weighted by Gasteiger charge is 2.91. The molecule has 0 spiro atoms. The molecule has 0 aromatic heterocycles. The van der Waals surface area contributed by atoms with Gasteiger partial charge in [0.1, 0.15) is 5.75 Å². The van der Waals surface area contributed by atoms with Gasteiger partial charge < -0.3 is 5.11 Å². The molecule has 0 bridgehead atoms. The molecule has 0 fully saturated rings. The predicted molar refractivity (Wildman–Crippen MR) is 75.2 cm³/mol. The molecular weight excluding hydrogens is 471 g/mol. The van der Waals surface area contributed by atoms with Crippen molar-refractivity contribution in [1.82, 2.24) is 0 Å². The summed E-state index contributed by atoms with van der Waals surface area (Å²) in [4.78, 5) is 11.7. The van der Waals surface area contributed by atoms with E-state index in [0.717, 1.165) is 6.92 Å². The van der Waals surface area contributed by atoms with Crippen LogP contribution in [0.1, 0.15) is 33.5 Å². The second-order valence-electron chi connectivity index (χ2n) is 6.74. The molecule has 0 radical (unpaired) electrons. The van der Waals surface area contributed by atoms with Crippen LogP contribution in [0.4, 0.5) is 57.1 Å². The third kappa shape index (κ3) is 3.05. The second kappa shape index (κ2) is 6.64. The number of ketones is 1. The van der Waals surface area contributed by atoms with Crippen molar-refractivity contribution >= 4 is 5.78 Å². The topological polar surface area (TPSA) is 37.3 Å². The molecule has 0 saturated heterocycles. The van der Waals surface area contributed by atoms with Crippen LogP contribution in [0.25, 0.3) is 0 Å². The standard InChI is InChI=1S/C16H9F13O2/c1-5-4-7(6-2-3-8(30)9(6)10(5)31)11(17,18)12(19,20)13(21,22)14(23,24)15(25,26)16(27,28)29/h4,31H,2-3H2,1H3. The fourth-order valence-corrected chi connectivity index (χ4v) is 2.99. The zero-order valence-electron chi connectivity index (χ0n) is 14.8. The van der Waals surface area contributed by atoms with E-state index in [4.69, 9.17) is 0 Å². The quantitative estimate of drug-likeness (QED) is 0.524. The molecule has 176 valence electrons. The van der Waals surface area contributed by atoms with Crippen molar-refractivity contribution in [3.63, 3.8) is 0 Å². The number of alkyl halides is 13. The van der Waals surface area contributed by atoms with Crippen molar-refractivity contribution in [2.75, 3.05) is 0 Å². The molecule has 2 rings (SSSR count). The minimum Gasteiger partial charge on any atom is -0.507 e. The van der Waals surface area contributed by atoms with Crippen LogP contribution in [0, 0.1) is 6.92 Å². The van der Waals surface area contributed by atoms with Gasteiger partial charge in [0.05, 0.1) is 5.56 Å². The van der Waals surface area contributed by atoms with E-state index < -0.39 is 82.4 Å². The maximum absolute atomic E-state index is 14.5. The van der Waals surface area contributed by atoms with Gasteiger partial charge in [-0.3, -0.25) is 4.79 Å².